The SMILES string of the molecule is N=C(C1=CCNCC1)c1cccc(O)c1N. The Morgan fingerprint density at radius 1 is 1.44 bits per heavy atom. The third-order valence-electron chi connectivity index (χ3n) is 2.74. The third kappa shape index (κ3) is 1.92. The zero-order chi connectivity index (χ0) is 11.5. The molecule has 0 radical (unpaired) electrons. The molecule has 0 aromatic heterocycles. The highest BCUT2D eigenvalue weighted by molar-refractivity contribution is 6.14. The first-order valence-electron chi connectivity index (χ1n) is 5.26. The maximum atomic E-state index is 9.49. The first-order valence-corrected chi connectivity index (χ1v) is 5.26. The van der Waals surface area contributed by atoms with Crippen LogP contribution >= 0.6 is 0 Å². The fourth-order valence-electron chi connectivity index (χ4n) is 1.79. The number of nitrogen functional groups attached to an aromatic ring is 1. The summed E-state index contributed by atoms with van der Waals surface area (Å²) in [5.74, 6) is 0.0387. The van der Waals surface area contributed by atoms with E-state index in [4.69, 9.17) is 11.1 Å². The highest BCUT2D eigenvalue weighted by Crippen LogP contribution is 2.26. The molecule has 1 aliphatic heterocycles. The quantitative estimate of drug-likeness (QED) is 0.342. The van der Waals surface area contributed by atoms with E-state index in [0.29, 0.717) is 11.3 Å². The minimum absolute atomic E-state index is 0.0387. The Kier molecular flexibility index (Phi) is 2.92. The molecular weight excluding hydrogens is 202 g/mol. The molecule has 0 unspecified atom stereocenters. The average molecular weight is 217 g/mol. The van der Waals surface area contributed by atoms with Gasteiger partial charge in [0, 0.05) is 12.1 Å². The van der Waals surface area contributed by atoms with Crippen molar-refractivity contribution in [2.24, 2.45) is 0 Å². The highest BCUT2D eigenvalue weighted by Gasteiger charge is 2.14. The largest absolute Gasteiger partial charge is 0.506 e. The number of para-hydroxylation sites is 1. The van der Waals surface area contributed by atoms with Gasteiger partial charge in [-0.15, -0.1) is 0 Å². The molecular formula is C12H15N3O. The number of rotatable bonds is 2. The Labute approximate surface area is 94.3 Å². The van der Waals surface area contributed by atoms with Crippen LogP contribution in [-0.2, 0) is 0 Å². The highest BCUT2D eigenvalue weighted by atomic mass is 16.3. The van der Waals surface area contributed by atoms with E-state index in [1.807, 2.05) is 6.08 Å². The maximum Gasteiger partial charge on any atom is 0.139 e. The van der Waals surface area contributed by atoms with Crippen LogP contribution in [0.4, 0.5) is 5.69 Å². The Balaban J connectivity index is 2.33. The normalized spacial score (nSPS) is 15.6. The molecule has 0 aliphatic carbocycles. The lowest BCUT2D eigenvalue weighted by Gasteiger charge is -2.16. The van der Waals surface area contributed by atoms with E-state index in [9.17, 15) is 5.11 Å². The van der Waals surface area contributed by atoms with Gasteiger partial charge in [0.2, 0.25) is 0 Å². The molecule has 5 N–H and O–H groups in total. The summed E-state index contributed by atoms with van der Waals surface area (Å²) in [7, 11) is 0. The summed E-state index contributed by atoms with van der Waals surface area (Å²) >= 11 is 0. The van der Waals surface area contributed by atoms with Crippen LogP contribution in [0.15, 0.2) is 29.8 Å². The molecule has 4 nitrogen and oxygen atoms in total. The monoisotopic (exact) mass is 217 g/mol. The van der Waals surface area contributed by atoms with Gasteiger partial charge in [0.15, 0.2) is 0 Å². The van der Waals surface area contributed by atoms with Crippen molar-refractivity contribution in [1.82, 2.24) is 5.32 Å². The zero-order valence-corrected chi connectivity index (χ0v) is 8.96. The summed E-state index contributed by atoms with van der Waals surface area (Å²) in [6.45, 7) is 1.67. The van der Waals surface area contributed by atoms with Crippen molar-refractivity contribution in [3.63, 3.8) is 0 Å². The molecule has 0 spiro atoms. The van der Waals surface area contributed by atoms with Crippen molar-refractivity contribution in [2.75, 3.05) is 18.8 Å². The summed E-state index contributed by atoms with van der Waals surface area (Å²) < 4.78 is 0. The van der Waals surface area contributed by atoms with Crippen molar-refractivity contribution in [2.45, 2.75) is 6.42 Å². The second-order valence-electron chi connectivity index (χ2n) is 3.80. The molecule has 1 aliphatic rings. The van der Waals surface area contributed by atoms with Gasteiger partial charge >= 0.3 is 0 Å². The lowest BCUT2D eigenvalue weighted by atomic mass is 9.96. The topological polar surface area (TPSA) is 82.1 Å². The van der Waals surface area contributed by atoms with Gasteiger partial charge in [0.25, 0.3) is 0 Å². The molecule has 4 heteroatoms. The van der Waals surface area contributed by atoms with Crippen LogP contribution in [0.5, 0.6) is 5.75 Å². The lowest BCUT2D eigenvalue weighted by Crippen LogP contribution is -2.23. The van der Waals surface area contributed by atoms with E-state index in [1.165, 1.54) is 6.07 Å². The van der Waals surface area contributed by atoms with Crippen LogP contribution in [0.2, 0.25) is 0 Å². The van der Waals surface area contributed by atoms with E-state index < -0.39 is 0 Å². The Morgan fingerprint density at radius 3 is 2.94 bits per heavy atom. The van der Waals surface area contributed by atoms with Gasteiger partial charge < -0.3 is 16.2 Å². The summed E-state index contributed by atoms with van der Waals surface area (Å²) in [4.78, 5) is 0. The molecule has 84 valence electrons. The number of anilines is 1. The molecule has 16 heavy (non-hydrogen) atoms. The molecule has 0 fully saturated rings. The number of nitrogens with two attached hydrogens (primary N) is 1. The van der Waals surface area contributed by atoms with Gasteiger partial charge in [-0.1, -0.05) is 18.2 Å². The molecule has 0 bridgehead atoms. The second kappa shape index (κ2) is 4.37. The van der Waals surface area contributed by atoms with E-state index in [1.54, 1.807) is 12.1 Å². The second-order valence-corrected chi connectivity index (χ2v) is 3.80. The van der Waals surface area contributed by atoms with Crippen LogP contribution in [0, 0.1) is 5.41 Å². The van der Waals surface area contributed by atoms with Crippen LogP contribution in [0.3, 0.4) is 0 Å². The third-order valence-corrected chi connectivity index (χ3v) is 2.74. The average Bonchev–Trinajstić information content (AvgIpc) is 2.33. The molecule has 0 saturated carbocycles. The number of hydrogen-bond donors (Lipinski definition) is 4. The van der Waals surface area contributed by atoms with Crippen molar-refractivity contribution in [1.29, 1.82) is 5.41 Å². The number of aromatic hydroxyl groups is 1. The predicted molar refractivity (Wildman–Crippen MR) is 64.9 cm³/mol. The van der Waals surface area contributed by atoms with Gasteiger partial charge in [-0.2, -0.15) is 0 Å². The fourth-order valence-corrected chi connectivity index (χ4v) is 1.79. The number of phenolic OH excluding ortho intramolecular Hbond substituents is 1. The summed E-state index contributed by atoms with van der Waals surface area (Å²) in [6, 6.07) is 5.00. The predicted octanol–water partition coefficient (Wildman–Crippen LogP) is 1.26. The minimum atomic E-state index is 0.0387. The Morgan fingerprint density at radius 2 is 2.25 bits per heavy atom. The summed E-state index contributed by atoms with van der Waals surface area (Å²) in [5.41, 5.74) is 8.04. The molecule has 1 aromatic rings. The molecule has 0 atom stereocenters. The van der Waals surface area contributed by atoms with Crippen molar-refractivity contribution in [3.05, 3.63) is 35.4 Å². The van der Waals surface area contributed by atoms with Crippen LogP contribution in [0.25, 0.3) is 0 Å². The summed E-state index contributed by atoms with van der Waals surface area (Å²) in [5, 5.41) is 20.8. The lowest BCUT2D eigenvalue weighted by molar-refractivity contribution is 0.478. The van der Waals surface area contributed by atoms with Crippen molar-refractivity contribution in [3.8, 4) is 5.75 Å². The summed E-state index contributed by atoms with van der Waals surface area (Å²) in [6.07, 6.45) is 2.82. The van der Waals surface area contributed by atoms with E-state index >= 15 is 0 Å². The first kappa shape index (κ1) is 10.7. The zero-order valence-electron chi connectivity index (χ0n) is 8.96. The number of nitrogens with one attached hydrogen (secondary N) is 2. The molecule has 2 rings (SSSR count). The number of benzene rings is 1. The van der Waals surface area contributed by atoms with Gasteiger partial charge in [0.1, 0.15) is 5.75 Å². The Bertz CT molecular complexity index is 452. The standard InChI is InChI=1S/C12H15N3O/c13-11(8-4-6-15-7-5-8)9-2-1-3-10(16)12(9)14/h1-4,13,15-16H,5-7,14H2. The molecule has 0 amide bonds. The van der Waals surface area contributed by atoms with Crippen LogP contribution in [0.1, 0.15) is 12.0 Å². The number of hydrogen-bond acceptors (Lipinski definition) is 4. The van der Waals surface area contributed by atoms with Crippen LogP contribution in [-0.4, -0.2) is 23.9 Å². The van der Waals surface area contributed by atoms with Gasteiger partial charge in [-0.25, -0.2) is 0 Å². The molecule has 1 aromatic carbocycles. The van der Waals surface area contributed by atoms with E-state index in [-0.39, 0.29) is 11.4 Å². The van der Waals surface area contributed by atoms with E-state index in [0.717, 1.165) is 25.1 Å². The Hall–Kier alpha value is -1.81. The van der Waals surface area contributed by atoms with Crippen molar-refractivity contribution >= 4 is 11.4 Å². The first-order chi connectivity index (χ1) is 7.70. The molecule has 0 saturated heterocycles. The maximum absolute atomic E-state index is 9.49. The van der Waals surface area contributed by atoms with Gasteiger partial charge in [-0.05, 0) is 24.6 Å². The van der Waals surface area contributed by atoms with Crippen LogP contribution < -0.4 is 11.1 Å². The number of phenols is 1. The van der Waals surface area contributed by atoms with Crippen molar-refractivity contribution < 1.29 is 5.11 Å². The molecule has 1 heterocycles. The minimum Gasteiger partial charge on any atom is -0.506 e. The van der Waals surface area contributed by atoms with Gasteiger partial charge in [0.05, 0.1) is 11.4 Å². The fraction of sp³-hybridized carbons (Fsp3) is 0.250. The van der Waals surface area contributed by atoms with E-state index in [2.05, 4.69) is 5.32 Å². The van der Waals surface area contributed by atoms with Gasteiger partial charge in [-0.3, -0.25) is 5.41 Å². The smallest absolute Gasteiger partial charge is 0.139 e.